The molecule has 0 radical (unpaired) electrons. The number of primary amides is 1. The second-order valence-electron chi connectivity index (χ2n) is 5.30. The molecule has 2 aromatic heterocycles. The standard InChI is InChI=1S/C17H17ClN4O2S2/c18-12-3-5-13(6-4-12)24-9-11-26-17-21-20-16(14-2-1-10-25-14)22(17)8-7-15(19)23/h1-6,10H,7-9,11H2,(H2,19,23). The lowest BCUT2D eigenvalue weighted by Crippen LogP contribution is -2.15. The summed E-state index contributed by atoms with van der Waals surface area (Å²) in [5, 5.41) is 11.9. The highest BCUT2D eigenvalue weighted by atomic mass is 35.5. The van der Waals surface area contributed by atoms with Crippen molar-refractivity contribution >= 4 is 40.6 Å². The molecule has 2 N–H and O–H groups in total. The van der Waals surface area contributed by atoms with Gasteiger partial charge in [0, 0.05) is 23.7 Å². The van der Waals surface area contributed by atoms with E-state index in [1.165, 1.54) is 11.8 Å². The van der Waals surface area contributed by atoms with E-state index in [4.69, 9.17) is 22.1 Å². The number of carbonyl (C=O) groups is 1. The van der Waals surface area contributed by atoms with Crippen molar-refractivity contribution in [1.82, 2.24) is 14.8 Å². The molecule has 0 aliphatic carbocycles. The minimum atomic E-state index is -0.349. The van der Waals surface area contributed by atoms with E-state index in [9.17, 15) is 4.79 Å². The third kappa shape index (κ3) is 5.00. The van der Waals surface area contributed by atoms with E-state index in [1.807, 2.05) is 34.2 Å². The summed E-state index contributed by atoms with van der Waals surface area (Å²) in [6, 6.07) is 11.2. The molecule has 1 amide bonds. The molecule has 1 aromatic carbocycles. The van der Waals surface area contributed by atoms with Crippen LogP contribution in [-0.2, 0) is 11.3 Å². The first kappa shape index (κ1) is 18.8. The fourth-order valence-electron chi connectivity index (χ4n) is 2.23. The molecule has 6 nitrogen and oxygen atoms in total. The lowest BCUT2D eigenvalue weighted by Gasteiger charge is -2.09. The Morgan fingerprint density at radius 1 is 1.27 bits per heavy atom. The van der Waals surface area contributed by atoms with Crippen LogP contribution in [0.1, 0.15) is 6.42 Å². The topological polar surface area (TPSA) is 83.0 Å². The number of thiophene rings is 1. The molecule has 3 aromatic rings. The van der Waals surface area contributed by atoms with Crippen LogP contribution in [0.2, 0.25) is 5.02 Å². The molecule has 0 aliphatic heterocycles. The van der Waals surface area contributed by atoms with E-state index >= 15 is 0 Å². The molecule has 0 aliphatic rings. The largest absolute Gasteiger partial charge is 0.493 e. The zero-order valence-electron chi connectivity index (χ0n) is 13.8. The van der Waals surface area contributed by atoms with E-state index in [-0.39, 0.29) is 12.3 Å². The van der Waals surface area contributed by atoms with Gasteiger partial charge in [0.1, 0.15) is 5.75 Å². The predicted molar refractivity (Wildman–Crippen MR) is 105 cm³/mol. The third-order valence-electron chi connectivity index (χ3n) is 3.44. The predicted octanol–water partition coefficient (Wildman–Crippen LogP) is 3.71. The highest BCUT2D eigenvalue weighted by Gasteiger charge is 2.15. The van der Waals surface area contributed by atoms with Gasteiger partial charge in [0.15, 0.2) is 11.0 Å². The summed E-state index contributed by atoms with van der Waals surface area (Å²) in [7, 11) is 0. The molecule has 0 unspecified atom stereocenters. The van der Waals surface area contributed by atoms with Crippen LogP contribution in [0, 0.1) is 0 Å². The smallest absolute Gasteiger partial charge is 0.219 e. The molecule has 0 saturated carbocycles. The summed E-state index contributed by atoms with van der Waals surface area (Å²) in [6.45, 7) is 0.971. The van der Waals surface area contributed by atoms with E-state index in [1.54, 1.807) is 23.5 Å². The molecule has 0 fully saturated rings. The van der Waals surface area contributed by atoms with Crippen molar-refractivity contribution in [3.8, 4) is 16.5 Å². The number of ether oxygens (including phenoxy) is 1. The molecule has 0 saturated heterocycles. The van der Waals surface area contributed by atoms with E-state index in [0.717, 1.165) is 21.6 Å². The Balaban J connectivity index is 1.63. The van der Waals surface area contributed by atoms with Crippen molar-refractivity contribution in [1.29, 1.82) is 0 Å². The second kappa shape index (κ2) is 9.07. The van der Waals surface area contributed by atoms with Crippen LogP contribution in [-0.4, -0.2) is 33.0 Å². The monoisotopic (exact) mass is 408 g/mol. The minimum absolute atomic E-state index is 0.241. The fraction of sp³-hybridized carbons (Fsp3) is 0.235. The van der Waals surface area contributed by atoms with Crippen LogP contribution in [0.4, 0.5) is 0 Å². The quantitative estimate of drug-likeness (QED) is 0.431. The van der Waals surface area contributed by atoms with Crippen LogP contribution in [0.5, 0.6) is 5.75 Å². The van der Waals surface area contributed by atoms with Gasteiger partial charge >= 0.3 is 0 Å². The van der Waals surface area contributed by atoms with Crippen LogP contribution in [0.15, 0.2) is 46.9 Å². The van der Waals surface area contributed by atoms with Crippen LogP contribution in [0.25, 0.3) is 10.7 Å². The van der Waals surface area contributed by atoms with Gasteiger partial charge in [-0.15, -0.1) is 21.5 Å². The van der Waals surface area contributed by atoms with Crippen molar-refractivity contribution < 1.29 is 9.53 Å². The Morgan fingerprint density at radius 2 is 2.08 bits per heavy atom. The molecule has 9 heteroatoms. The summed E-state index contributed by atoms with van der Waals surface area (Å²) in [6.07, 6.45) is 0.241. The van der Waals surface area contributed by atoms with Gasteiger partial charge in [-0.2, -0.15) is 0 Å². The maximum atomic E-state index is 11.2. The molecule has 26 heavy (non-hydrogen) atoms. The third-order valence-corrected chi connectivity index (χ3v) is 5.49. The first-order chi connectivity index (χ1) is 12.6. The average molecular weight is 409 g/mol. The highest BCUT2D eigenvalue weighted by molar-refractivity contribution is 7.99. The molecule has 0 atom stereocenters. The van der Waals surface area contributed by atoms with E-state index in [2.05, 4.69) is 10.2 Å². The number of hydrogen-bond donors (Lipinski definition) is 1. The first-order valence-corrected chi connectivity index (χ1v) is 10.1. The Morgan fingerprint density at radius 3 is 2.77 bits per heavy atom. The van der Waals surface area contributed by atoms with Gasteiger partial charge < -0.3 is 15.0 Å². The number of nitrogens with two attached hydrogens (primary N) is 1. The van der Waals surface area contributed by atoms with Gasteiger partial charge in [0.2, 0.25) is 5.91 Å². The number of carbonyl (C=O) groups excluding carboxylic acids is 1. The van der Waals surface area contributed by atoms with Crippen molar-refractivity contribution in [2.45, 2.75) is 18.1 Å². The second-order valence-corrected chi connectivity index (χ2v) is 7.75. The van der Waals surface area contributed by atoms with Crippen LogP contribution >= 0.6 is 34.7 Å². The summed E-state index contributed by atoms with van der Waals surface area (Å²) in [4.78, 5) is 12.2. The highest BCUT2D eigenvalue weighted by Crippen LogP contribution is 2.27. The first-order valence-electron chi connectivity index (χ1n) is 7.90. The number of amides is 1. The number of aromatic nitrogens is 3. The maximum absolute atomic E-state index is 11.2. The molecule has 0 bridgehead atoms. The molecule has 0 spiro atoms. The SMILES string of the molecule is NC(=O)CCn1c(SCCOc2ccc(Cl)cc2)nnc1-c1cccs1. The van der Waals surface area contributed by atoms with Crippen molar-refractivity contribution in [2.75, 3.05) is 12.4 Å². The van der Waals surface area contributed by atoms with Crippen molar-refractivity contribution in [3.05, 3.63) is 46.8 Å². The summed E-state index contributed by atoms with van der Waals surface area (Å²) in [5.41, 5.74) is 5.30. The van der Waals surface area contributed by atoms with Gasteiger partial charge in [-0.25, -0.2) is 0 Å². The number of nitrogens with zero attached hydrogens (tertiary/aromatic N) is 3. The van der Waals surface area contributed by atoms with Crippen LogP contribution < -0.4 is 10.5 Å². The maximum Gasteiger partial charge on any atom is 0.219 e. The van der Waals surface area contributed by atoms with E-state index in [0.29, 0.717) is 23.9 Å². The molecular weight excluding hydrogens is 392 g/mol. The Bertz CT molecular complexity index is 850. The lowest BCUT2D eigenvalue weighted by molar-refractivity contribution is -0.118. The average Bonchev–Trinajstić information content (AvgIpc) is 3.28. The summed E-state index contributed by atoms with van der Waals surface area (Å²) in [5.74, 6) is 1.87. The van der Waals surface area contributed by atoms with Crippen molar-refractivity contribution in [3.63, 3.8) is 0 Å². The summed E-state index contributed by atoms with van der Waals surface area (Å²) >= 11 is 8.97. The number of benzene rings is 1. The van der Waals surface area contributed by atoms with Crippen molar-refractivity contribution in [2.24, 2.45) is 5.73 Å². The zero-order valence-corrected chi connectivity index (χ0v) is 16.2. The molecular formula is C17H17ClN4O2S2. The normalized spacial score (nSPS) is 10.8. The van der Waals surface area contributed by atoms with Gasteiger partial charge in [-0.05, 0) is 35.7 Å². The Kier molecular flexibility index (Phi) is 6.54. The van der Waals surface area contributed by atoms with Gasteiger partial charge in [0.25, 0.3) is 0 Å². The number of halogens is 1. The lowest BCUT2D eigenvalue weighted by atomic mass is 10.3. The fourth-order valence-corrected chi connectivity index (χ4v) is 3.86. The Labute approximate surface area is 164 Å². The molecule has 136 valence electrons. The molecule has 2 heterocycles. The van der Waals surface area contributed by atoms with Gasteiger partial charge in [-0.3, -0.25) is 4.79 Å². The van der Waals surface area contributed by atoms with E-state index < -0.39 is 0 Å². The minimum Gasteiger partial charge on any atom is -0.493 e. The number of rotatable bonds is 9. The number of thioether (sulfide) groups is 1. The van der Waals surface area contributed by atoms with Crippen LogP contribution in [0.3, 0.4) is 0 Å². The summed E-state index contributed by atoms with van der Waals surface area (Å²) < 4.78 is 7.62. The number of hydrogen-bond acceptors (Lipinski definition) is 6. The molecule has 3 rings (SSSR count). The van der Waals surface area contributed by atoms with Gasteiger partial charge in [-0.1, -0.05) is 29.4 Å². The van der Waals surface area contributed by atoms with Gasteiger partial charge in [0.05, 0.1) is 11.5 Å². The zero-order chi connectivity index (χ0) is 18.4. The Hall–Kier alpha value is -2.03.